The summed E-state index contributed by atoms with van der Waals surface area (Å²) in [7, 11) is 3.09. The standard InChI is InChI=1S/C29H31F3N6O3/c1-36-11-9-28(10-12-36)16-38(17-28)19-7-8-21(23(13-19)40-3)34-27-33-14-20(29(30,31)32)25(35-27)41-22-6-4-5-18-15-37(2)26(39)24(18)22/h4-8,13-14H,9-12,15-17H2,1-3H3,(H,33,34,35)/i1D3. The lowest BCUT2D eigenvalue weighted by atomic mass is 9.72. The van der Waals surface area contributed by atoms with Crippen LogP contribution in [-0.4, -0.2) is 73.0 Å². The van der Waals surface area contributed by atoms with E-state index in [2.05, 4.69) is 20.2 Å². The van der Waals surface area contributed by atoms with E-state index >= 15 is 0 Å². The molecule has 6 rings (SSSR count). The molecule has 41 heavy (non-hydrogen) atoms. The van der Waals surface area contributed by atoms with E-state index in [0.717, 1.165) is 31.6 Å². The van der Waals surface area contributed by atoms with Gasteiger partial charge in [0, 0.05) is 54.2 Å². The SMILES string of the molecule is [2H]C([2H])([2H])N1CCC2(CC1)CN(c1ccc(Nc3ncc(C(F)(F)F)c(Oc4cccc5c4C(=O)N(C)C5)n3)c(OC)c1)C2. The fourth-order valence-corrected chi connectivity index (χ4v) is 5.70. The highest BCUT2D eigenvalue weighted by Gasteiger charge is 2.44. The molecule has 3 aromatic rings. The number of amides is 1. The molecule has 1 amide bonds. The summed E-state index contributed by atoms with van der Waals surface area (Å²) in [6.45, 7) is 0.920. The van der Waals surface area contributed by atoms with Crippen molar-refractivity contribution in [2.24, 2.45) is 5.41 Å². The van der Waals surface area contributed by atoms with E-state index in [1.54, 1.807) is 30.1 Å². The number of halogens is 3. The highest BCUT2D eigenvalue weighted by molar-refractivity contribution is 6.00. The van der Waals surface area contributed by atoms with Crippen LogP contribution in [-0.2, 0) is 12.7 Å². The van der Waals surface area contributed by atoms with Gasteiger partial charge in [0.15, 0.2) is 0 Å². The number of hydrogen-bond acceptors (Lipinski definition) is 8. The van der Waals surface area contributed by atoms with E-state index in [1.807, 2.05) is 12.1 Å². The Morgan fingerprint density at radius 3 is 2.61 bits per heavy atom. The van der Waals surface area contributed by atoms with Crippen molar-refractivity contribution < 1.29 is 31.6 Å². The Bertz CT molecular complexity index is 1590. The number of nitrogens with zero attached hydrogens (tertiary/aromatic N) is 5. The number of piperidine rings is 1. The number of benzene rings is 2. The van der Waals surface area contributed by atoms with Gasteiger partial charge < -0.3 is 29.5 Å². The van der Waals surface area contributed by atoms with Gasteiger partial charge in [-0.2, -0.15) is 18.2 Å². The van der Waals surface area contributed by atoms with Crippen molar-refractivity contribution in [2.45, 2.75) is 25.6 Å². The fourth-order valence-electron chi connectivity index (χ4n) is 5.70. The summed E-state index contributed by atoms with van der Waals surface area (Å²) in [5.41, 5.74) is 1.08. The van der Waals surface area contributed by atoms with Gasteiger partial charge in [-0.15, -0.1) is 0 Å². The highest BCUT2D eigenvalue weighted by Crippen LogP contribution is 2.44. The van der Waals surface area contributed by atoms with Gasteiger partial charge in [0.25, 0.3) is 5.91 Å². The normalized spacial score (nSPS) is 19.7. The first-order valence-corrected chi connectivity index (χ1v) is 13.2. The second-order valence-electron chi connectivity index (χ2n) is 10.8. The molecule has 12 heteroatoms. The fraction of sp³-hybridized carbons (Fsp3) is 0.414. The quantitative estimate of drug-likeness (QED) is 0.435. The summed E-state index contributed by atoms with van der Waals surface area (Å²) in [6.07, 6.45) is -2.54. The molecule has 1 aromatic heterocycles. The van der Waals surface area contributed by atoms with Gasteiger partial charge in [0.05, 0.1) is 18.4 Å². The summed E-state index contributed by atoms with van der Waals surface area (Å²) < 4.78 is 75.8. The number of anilines is 3. The molecule has 2 saturated heterocycles. The van der Waals surface area contributed by atoms with Crippen molar-refractivity contribution in [1.82, 2.24) is 19.8 Å². The first kappa shape index (κ1) is 23.6. The van der Waals surface area contributed by atoms with Crippen molar-refractivity contribution in [2.75, 3.05) is 57.5 Å². The molecule has 2 fully saturated rings. The minimum absolute atomic E-state index is 0.0228. The van der Waals surface area contributed by atoms with Gasteiger partial charge in [0.1, 0.15) is 17.1 Å². The molecule has 4 heterocycles. The third-order valence-electron chi connectivity index (χ3n) is 8.02. The number of fused-ring (bicyclic) bond motifs is 1. The number of carbonyl (C=O) groups excluding carboxylic acids is 1. The highest BCUT2D eigenvalue weighted by atomic mass is 19.4. The maximum absolute atomic E-state index is 13.9. The van der Waals surface area contributed by atoms with Gasteiger partial charge in [-0.1, -0.05) is 12.1 Å². The zero-order chi connectivity index (χ0) is 31.4. The Labute approximate surface area is 240 Å². The van der Waals surface area contributed by atoms with E-state index in [-0.39, 0.29) is 28.6 Å². The third-order valence-corrected chi connectivity index (χ3v) is 8.02. The smallest absolute Gasteiger partial charge is 0.423 e. The molecule has 0 bridgehead atoms. The Morgan fingerprint density at radius 2 is 1.90 bits per heavy atom. The van der Waals surface area contributed by atoms with Gasteiger partial charge in [-0.3, -0.25) is 4.79 Å². The number of nitrogens with one attached hydrogen (secondary N) is 1. The third kappa shape index (κ3) is 5.12. The number of carbonyl (C=O) groups is 1. The number of methoxy groups -OCH3 is 1. The molecule has 1 N–H and O–H groups in total. The molecule has 3 aliphatic heterocycles. The predicted molar refractivity (Wildman–Crippen MR) is 147 cm³/mol. The number of hydrogen-bond donors (Lipinski definition) is 1. The summed E-state index contributed by atoms with van der Waals surface area (Å²) in [6, 6.07) is 10.2. The van der Waals surface area contributed by atoms with Crippen LogP contribution in [0.1, 0.15) is 38.4 Å². The Balaban J connectivity index is 1.20. The average Bonchev–Trinajstić information content (AvgIpc) is 3.24. The van der Waals surface area contributed by atoms with Gasteiger partial charge in [0.2, 0.25) is 11.8 Å². The van der Waals surface area contributed by atoms with E-state index in [9.17, 15) is 18.0 Å². The first-order chi connectivity index (χ1) is 20.8. The Hall–Kier alpha value is -4.06. The number of aromatic nitrogens is 2. The predicted octanol–water partition coefficient (Wildman–Crippen LogP) is 5.16. The molecule has 9 nitrogen and oxygen atoms in total. The molecule has 0 atom stereocenters. The molecule has 0 unspecified atom stereocenters. The summed E-state index contributed by atoms with van der Waals surface area (Å²) in [4.78, 5) is 25.8. The van der Waals surface area contributed by atoms with Crippen LogP contribution in [0.2, 0.25) is 0 Å². The first-order valence-electron chi connectivity index (χ1n) is 14.7. The zero-order valence-corrected chi connectivity index (χ0v) is 22.6. The van der Waals surface area contributed by atoms with Crippen LogP contribution in [0.15, 0.2) is 42.6 Å². The maximum Gasteiger partial charge on any atom is 0.423 e. The summed E-state index contributed by atoms with van der Waals surface area (Å²) >= 11 is 0. The number of likely N-dealkylation sites (tertiary alicyclic amines) is 1. The minimum atomic E-state index is -4.80. The van der Waals surface area contributed by atoms with Crippen molar-refractivity contribution in [3.05, 3.63) is 59.3 Å². The number of rotatable bonds is 6. The Morgan fingerprint density at radius 1 is 1.12 bits per heavy atom. The van der Waals surface area contributed by atoms with E-state index < -0.39 is 24.6 Å². The average molecular weight is 572 g/mol. The second kappa shape index (κ2) is 10.1. The molecule has 1 spiro atoms. The second-order valence-corrected chi connectivity index (χ2v) is 10.8. The molecule has 3 aliphatic rings. The molecule has 2 aromatic carbocycles. The lowest BCUT2D eigenvalue weighted by Gasteiger charge is -2.54. The monoisotopic (exact) mass is 571 g/mol. The molecule has 0 radical (unpaired) electrons. The number of alkyl halides is 3. The summed E-state index contributed by atoms with van der Waals surface area (Å²) in [5, 5.41) is 2.93. The van der Waals surface area contributed by atoms with Crippen LogP contribution < -0.4 is 19.7 Å². The largest absolute Gasteiger partial charge is 0.494 e. The molecule has 216 valence electrons. The van der Waals surface area contributed by atoms with E-state index in [4.69, 9.17) is 13.6 Å². The zero-order valence-electron chi connectivity index (χ0n) is 25.6. The van der Waals surface area contributed by atoms with E-state index in [1.165, 1.54) is 18.1 Å². The summed E-state index contributed by atoms with van der Waals surface area (Å²) in [5.74, 6) is -0.835. The van der Waals surface area contributed by atoms with E-state index in [0.29, 0.717) is 42.8 Å². The molecular formula is C29H31F3N6O3. The van der Waals surface area contributed by atoms with Gasteiger partial charge in [-0.25, -0.2) is 4.98 Å². The van der Waals surface area contributed by atoms with Crippen LogP contribution in [0.5, 0.6) is 17.4 Å². The van der Waals surface area contributed by atoms with Crippen LogP contribution in [0, 0.1) is 5.41 Å². The molecule has 0 aliphatic carbocycles. The minimum Gasteiger partial charge on any atom is -0.494 e. The van der Waals surface area contributed by atoms with Crippen molar-refractivity contribution >= 4 is 23.2 Å². The maximum atomic E-state index is 13.9. The van der Waals surface area contributed by atoms with Gasteiger partial charge >= 0.3 is 6.18 Å². The van der Waals surface area contributed by atoms with Crippen molar-refractivity contribution in [1.29, 1.82) is 0 Å². The lowest BCUT2D eigenvalue weighted by Crippen LogP contribution is -2.60. The van der Waals surface area contributed by atoms with Crippen LogP contribution in [0.4, 0.5) is 30.5 Å². The van der Waals surface area contributed by atoms with Crippen LogP contribution in [0.25, 0.3) is 0 Å². The molecule has 0 saturated carbocycles. The molecular weight excluding hydrogens is 537 g/mol. The topological polar surface area (TPSA) is 83.1 Å². The van der Waals surface area contributed by atoms with Crippen molar-refractivity contribution in [3.63, 3.8) is 0 Å². The van der Waals surface area contributed by atoms with Gasteiger partial charge in [-0.05, 0) is 56.7 Å². The van der Waals surface area contributed by atoms with Crippen LogP contribution in [0.3, 0.4) is 0 Å². The lowest BCUT2D eigenvalue weighted by molar-refractivity contribution is -0.139. The number of ether oxygens (including phenoxy) is 2. The van der Waals surface area contributed by atoms with Crippen molar-refractivity contribution in [3.8, 4) is 17.4 Å². The Kier molecular flexibility index (Phi) is 5.81. The van der Waals surface area contributed by atoms with Crippen LogP contribution >= 0.6 is 0 Å².